The molecular weight excluding hydrogens is 342 g/mol. The second kappa shape index (κ2) is 9.03. The molecule has 0 aliphatic carbocycles. The van der Waals surface area contributed by atoms with Gasteiger partial charge in [-0.15, -0.1) is 0 Å². The van der Waals surface area contributed by atoms with Crippen LogP contribution in [0.5, 0.6) is 0 Å². The van der Waals surface area contributed by atoms with Crippen molar-refractivity contribution in [3.63, 3.8) is 0 Å². The zero-order valence-corrected chi connectivity index (χ0v) is 14.5. The highest BCUT2D eigenvalue weighted by Gasteiger charge is 2.20. The number of hydrogen-bond acceptors (Lipinski definition) is 5. The largest absolute Gasteiger partial charge is 0.480 e. The number of aliphatic carboxylic acids is 1. The first-order valence-electron chi connectivity index (χ1n) is 7.66. The molecule has 2 rings (SSSR count). The molecule has 2 N–H and O–H groups in total. The minimum Gasteiger partial charge on any atom is -0.480 e. The molecule has 7 nitrogen and oxygen atoms in total. The van der Waals surface area contributed by atoms with Gasteiger partial charge in [0.15, 0.2) is 0 Å². The van der Waals surface area contributed by atoms with Crippen molar-refractivity contribution in [3.05, 3.63) is 52.8 Å². The van der Waals surface area contributed by atoms with E-state index in [0.29, 0.717) is 17.9 Å². The molecule has 1 amide bonds. The molecule has 8 heteroatoms. The van der Waals surface area contributed by atoms with E-state index in [1.54, 1.807) is 6.07 Å². The van der Waals surface area contributed by atoms with Crippen molar-refractivity contribution in [1.82, 2.24) is 15.1 Å². The van der Waals surface area contributed by atoms with Crippen LogP contribution in [-0.4, -0.2) is 44.8 Å². The Hall–Kier alpha value is -2.61. The molecule has 132 valence electrons. The fraction of sp³-hybridized carbons (Fsp3) is 0.294. The van der Waals surface area contributed by atoms with Gasteiger partial charge in [-0.2, -0.15) is 16.9 Å². The maximum Gasteiger partial charge on any atom is 0.326 e. The number of nitrogens with one attached hydrogen (secondary N) is 1. The molecule has 0 saturated heterocycles. The first-order chi connectivity index (χ1) is 12.0. The number of carboxylic acid groups (broad SMARTS) is 1. The molecular formula is C17H19N3O4S. The fourth-order valence-electron chi connectivity index (χ4n) is 2.19. The molecule has 2 aromatic rings. The number of amides is 1. The number of carbonyl (C=O) groups excluding carboxylic acids is 1. The predicted molar refractivity (Wildman–Crippen MR) is 96.5 cm³/mol. The molecule has 25 heavy (non-hydrogen) atoms. The highest BCUT2D eigenvalue weighted by atomic mass is 32.2. The molecule has 1 aromatic heterocycles. The second-order valence-electron chi connectivity index (χ2n) is 5.32. The third kappa shape index (κ3) is 5.46. The molecule has 0 fully saturated rings. The summed E-state index contributed by atoms with van der Waals surface area (Å²) in [5.74, 6) is -1.05. The lowest BCUT2D eigenvalue weighted by atomic mass is 10.1. The summed E-state index contributed by atoms with van der Waals surface area (Å²) in [5, 5.41) is 15.8. The minimum atomic E-state index is -1.10. The molecule has 0 unspecified atom stereocenters. The number of carboxylic acids is 1. The number of hydrogen-bond donors (Lipinski definition) is 2. The van der Waals surface area contributed by atoms with Crippen molar-refractivity contribution in [2.45, 2.75) is 19.0 Å². The molecule has 0 saturated carbocycles. The lowest BCUT2D eigenvalue weighted by Gasteiger charge is -2.14. The molecule has 0 spiro atoms. The van der Waals surface area contributed by atoms with Gasteiger partial charge in [0.1, 0.15) is 12.6 Å². The third-order valence-electron chi connectivity index (χ3n) is 3.47. The van der Waals surface area contributed by atoms with E-state index in [2.05, 4.69) is 10.4 Å². The highest BCUT2D eigenvalue weighted by molar-refractivity contribution is 7.98. The van der Waals surface area contributed by atoms with E-state index < -0.39 is 23.5 Å². The predicted octanol–water partition coefficient (Wildman–Crippen LogP) is 1.23. The standard InChI is InChI=1S/C17H19N3O4S/c1-25-10-9-14(17(23)24)18-15(21)11-20-16(22)8-7-13(19-20)12-5-3-2-4-6-12/h2-8,14H,9-11H2,1H3,(H,18,21)(H,23,24)/t14-/m1/s1. The van der Waals surface area contributed by atoms with Crippen LogP contribution in [0.2, 0.25) is 0 Å². The van der Waals surface area contributed by atoms with Crippen LogP contribution in [-0.2, 0) is 16.1 Å². The zero-order valence-electron chi connectivity index (χ0n) is 13.7. The van der Waals surface area contributed by atoms with Crippen molar-refractivity contribution in [2.24, 2.45) is 0 Å². The van der Waals surface area contributed by atoms with E-state index in [9.17, 15) is 14.4 Å². The number of thioether (sulfide) groups is 1. The topological polar surface area (TPSA) is 101 Å². The Morgan fingerprint density at radius 2 is 1.96 bits per heavy atom. The summed E-state index contributed by atoms with van der Waals surface area (Å²) in [6.45, 7) is -0.331. The van der Waals surface area contributed by atoms with E-state index in [-0.39, 0.29) is 6.54 Å². The van der Waals surface area contributed by atoms with Gasteiger partial charge in [0.25, 0.3) is 5.56 Å². The fourth-order valence-corrected chi connectivity index (χ4v) is 2.67. The van der Waals surface area contributed by atoms with Gasteiger partial charge in [-0.25, -0.2) is 9.48 Å². The van der Waals surface area contributed by atoms with Gasteiger partial charge in [-0.05, 0) is 24.5 Å². The van der Waals surface area contributed by atoms with Crippen molar-refractivity contribution in [1.29, 1.82) is 0 Å². The van der Waals surface area contributed by atoms with Crippen LogP contribution in [0.25, 0.3) is 11.3 Å². The molecule has 0 bridgehead atoms. The van der Waals surface area contributed by atoms with Crippen molar-refractivity contribution in [2.75, 3.05) is 12.0 Å². The summed E-state index contributed by atoms with van der Waals surface area (Å²) < 4.78 is 1.03. The maximum atomic E-state index is 12.1. The summed E-state index contributed by atoms with van der Waals surface area (Å²) in [5.41, 5.74) is 0.955. The summed E-state index contributed by atoms with van der Waals surface area (Å²) in [7, 11) is 0. The lowest BCUT2D eigenvalue weighted by Crippen LogP contribution is -2.44. The number of rotatable bonds is 8. The average molecular weight is 361 g/mol. The molecule has 0 radical (unpaired) electrons. The minimum absolute atomic E-state index is 0.314. The number of nitrogens with zero attached hydrogens (tertiary/aromatic N) is 2. The summed E-state index contributed by atoms with van der Waals surface area (Å²) in [4.78, 5) is 35.2. The Morgan fingerprint density at radius 3 is 2.60 bits per heavy atom. The third-order valence-corrected chi connectivity index (χ3v) is 4.12. The van der Waals surface area contributed by atoms with Crippen LogP contribution < -0.4 is 10.9 Å². The monoisotopic (exact) mass is 361 g/mol. The summed E-state index contributed by atoms with van der Waals surface area (Å²) in [6, 6.07) is 11.2. The first-order valence-corrected chi connectivity index (χ1v) is 9.05. The van der Waals surface area contributed by atoms with Crippen LogP contribution in [0.3, 0.4) is 0 Å². The van der Waals surface area contributed by atoms with Gasteiger partial charge in [0.05, 0.1) is 5.69 Å². The number of carbonyl (C=O) groups is 2. The van der Waals surface area contributed by atoms with Gasteiger partial charge < -0.3 is 10.4 Å². The number of benzene rings is 1. The van der Waals surface area contributed by atoms with E-state index >= 15 is 0 Å². The molecule has 0 aliphatic rings. The van der Waals surface area contributed by atoms with Crippen LogP contribution in [0.4, 0.5) is 0 Å². The van der Waals surface area contributed by atoms with Crippen LogP contribution in [0.1, 0.15) is 6.42 Å². The average Bonchev–Trinajstić information content (AvgIpc) is 2.61. The Labute approximate surface area is 149 Å². The highest BCUT2D eigenvalue weighted by Crippen LogP contribution is 2.13. The quantitative estimate of drug-likeness (QED) is 0.733. The van der Waals surface area contributed by atoms with Gasteiger partial charge in [0, 0.05) is 11.6 Å². The smallest absolute Gasteiger partial charge is 0.326 e. The molecule has 0 aliphatic heterocycles. The van der Waals surface area contributed by atoms with Crippen molar-refractivity contribution in [3.8, 4) is 11.3 Å². The van der Waals surface area contributed by atoms with E-state index in [1.165, 1.54) is 17.8 Å². The Kier molecular flexibility index (Phi) is 6.76. The molecule has 1 heterocycles. The lowest BCUT2D eigenvalue weighted by molar-refractivity contribution is -0.142. The first kappa shape index (κ1) is 18.7. The van der Waals surface area contributed by atoms with Gasteiger partial charge in [-0.1, -0.05) is 30.3 Å². The van der Waals surface area contributed by atoms with Crippen molar-refractivity contribution >= 4 is 23.6 Å². The van der Waals surface area contributed by atoms with Crippen molar-refractivity contribution < 1.29 is 14.7 Å². The van der Waals surface area contributed by atoms with Crippen LogP contribution >= 0.6 is 11.8 Å². The van der Waals surface area contributed by atoms with E-state index in [1.807, 2.05) is 36.6 Å². The SMILES string of the molecule is CSCC[C@@H](NC(=O)Cn1nc(-c2ccccc2)ccc1=O)C(=O)O. The van der Waals surface area contributed by atoms with E-state index in [0.717, 1.165) is 10.2 Å². The van der Waals surface area contributed by atoms with Crippen LogP contribution in [0, 0.1) is 0 Å². The summed E-state index contributed by atoms with van der Waals surface area (Å²) in [6.07, 6.45) is 2.17. The number of aromatic nitrogens is 2. The Balaban J connectivity index is 2.12. The van der Waals surface area contributed by atoms with Gasteiger partial charge >= 0.3 is 5.97 Å². The van der Waals surface area contributed by atoms with Gasteiger partial charge in [0.2, 0.25) is 5.91 Å². The van der Waals surface area contributed by atoms with Crippen LogP contribution in [0.15, 0.2) is 47.3 Å². The molecule has 1 atom stereocenters. The normalized spacial score (nSPS) is 11.7. The molecule has 1 aromatic carbocycles. The Bertz CT molecular complexity index is 792. The zero-order chi connectivity index (χ0) is 18.2. The van der Waals surface area contributed by atoms with E-state index in [4.69, 9.17) is 5.11 Å². The summed E-state index contributed by atoms with van der Waals surface area (Å²) >= 11 is 1.50. The second-order valence-corrected chi connectivity index (χ2v) is 6.31. The maximum absolute atomic E-state index is 12.1. The Morgan fingerprint density at radius 1 is 1.24 bits per heavy atom. The van der Waals surface area contributed by atoms with Gasteiger partial charge in [-0.3, -0.25) is 9.59 Å².